The number of pyridine rings is 1. The van der Waals surface area contributed by atoms with Gasteiger partial charge < -0.3 is 19.9 Å². The summed E-state index contributed by atoms with van der Waals surface area (Å²) in [6.45, 7) is 11.2. The van der Waals surface area contributed by atoms with E-state index in [9.17, 15) is 9.59 Å². The molecular weight excluding hydrogens is 494 g/mol. The number of ether oxygens (including phenoxy) is 1. The number of aromatic nitrogens is 3. The maximum Gasteiger partial charge on any atom is 0.410 e. The van der Waals surface area contributed by atoms with Crippen molar-refractivity contribution in [2.75, 3.05) is 51.2 Å². The molecule has 2 aliphatic heterocycles. The summed E-state index contributed by atoms with van der Waals surface area (Å²) in [6.07, 6.45) is 5.38. The maximum absolute atomic E-state index is 13.1. The van der Waals surface area contributed by atoms with Gasteiger partial charge in [-0.3, -0.25) is 9.69 Å². The lowest BCUT2D eigenvalue weighted by Gasteiger charge is -2.26. The molecule has 1 saturated heterocycles. The highest BCUT2D eigenvalue weighted by Crippen LogP contribution is 2.27. The van der Waals surface area contributed by atoms with Crippen LogP contribution in [-0.4, -0.2) is 93.2 Å². The van der Waals surface area contributed by atoms with Gasteiger partial charge in [0.1, 0.15) is 0 Å². The van der Waals surface area contributed by atoms with Crippen LogP contribution in [0.1, 0.15) is 49.5 Å². The number of likely N-dealkylation sites (N-methyl/N-ethyl adjacent to an activating group) is 1. The molecule has 39 heavy (non-hydrogen) atoms. The summed E-state index contributed by atoms with van der Waals surface area (Å²) in [5, 5.41) is 7.86. The standard InChI is InChI=1S/C29H37N7O3/c1-4-33(5-2)24-15-19-35(20-24)27(37)22-9-11-23(12-10-22)30-28-31-26-25(8-7-16-36(26)32-28)21-13-17-34(18-14-21)29(38)39-6-3/h7-13,16,24H,4-6,14-15,17-20H2,1-3H3,(H,30,32). The zero-order valence-corrected chi connectivity index (χ0v) is 23.0. The van der Waals surface area contributed by atoms with E-state index in [1.165, 1.54) is 0 Å². The van der Waals surface area contributed by atoms with Gasteiger partial charge in [0, 0.05) is 55.2 Å². The van der Waals surface area contributed by atoms with E-state index in [0.29, 0.717) is 37.3 Å². The summed E-state index contributed by atoms with van der Waals surface area (Å²) in [5.41, 5.74) is 4.38. The van der Waals surface area contributed by atoms with Gasteiger partial charge in [0.05, 0.1) is 6.61 Å². The van der Waals surface area contributed by atoms with Gasteiger partial charge in [-0.1, -0.05) is 19.9 Å². The Morgan fingerprint density at radius 1 is 1.08 bits per heavy atom. The number of amides is 2. The van der Waals surface area contributed by atoms with Gasteiger partial charge in [0.2, 0.25) is 5.95 Å². The number of fused-ring (bicyclic) bond motifs is 1. The second kappa shape index (κ2) is 11.9. The quantitative estimate of drug-likeness (QED) is 0.464. The van der Waals surface area contributed by atoms with Crippen LogP contribution < -0.4 is 5.32 Å². The molecule has 2 amide bonds. The van der Waals surface area contributed by atoms with Crippen LogP contribution >= 0.6 is 0 Å². The third-order valence-electron chi connectivity index (χ3n) is 7.61. The van der Waals surface area contributed by atoms with Gasteiger partial charge >= 0.3 is 6.09 Å². The average Bonchev–Trinajstić information content (AvgIpc) is 3.61. The lowest BCUT2D eigenvalue weighted by atomic mass is 10.0. The molecule has 1 fully saturated rings. The van der Waals surface area contributed by atoms with E-state index >= 15 is 0 Å². The second-order valence-corrected chi connectivity index (χ2v) is 9.87. The summed E-state index contributed by atoms with van der Waals surface area (Å²) < 4.78 is 6.88. The monoisotopic (exact) mass is 531 g/mol. The van der Waals surface area contributed by atoms with Crippen molar-refractivity contribution in [1.29, 1.82) is 0 Å². The van der Waals surface area contributed by atoms with Crippen molar-refractivity contribution < 1.29 is 14.3 Å². The van der Waals surface area contributed by atoms with Crippen LogP contribution in [0.3, 0.4) is 0 Å². The van der Waals surface area contributed by atoms with Crippen LogP contribution in [0.2, 0.25) is 0 Å². The Balaban J connectivity index is 1.25. The van der Waals surface area contributed by atoms with E-state index in [4.69, 9.17) is 9.72 Å². The molecular formula is C29H37N7O3. The summed E-state index contributed by atoms with van der Waals surface area (Å²) in [7, 11) is 0. The number of benzene rings is 1. The molecule has 10 heteroatoms. The highest BCUT2D eigenvalue weighted by molar-refractivity contribution is 5.94. The Morgan fingerprint density at radius 3 is 2.56 bits per heavy atom. The van der Waals surface area contributed by atoms with Crippen molar-refractivity contribution >= 4 is 34.9 Å². The summed E-state index contributed by atoms with van der Waals surface area (Å²) >= 11 is 0. The van der Waals surface area contributed by atoms with Gasteiger partial charge in [0.15, 0.2) is 5.65 Å². The number of nitrogens with one attached hydrogen (secondary N) is 1. The smallest absolute Gasteiger partial charge is 0.410 e. The SMILES string of the molecule is CCOC(=O)N1CC=C(c2cccn3nc(Nc4ccc(C(=O)N5CCC(N(CC)CC)C5)cc4)nc23)CC1. The number of anilines is 2. The minimum atomic E-state index is -0.281. The topological polar surface area (TPSA) is 95.3 Å². The highest BCUT2D eigenvalue weighted by atomic mass is 16.6. The summed E-state index contributed by atoms with van der Waals surface area (Å²) in [4.78, 5) is 35.9. The number of rotatable bonds is 8. The fourth-order valence-electron chi connectivity index (χ4n) is 5.48. The van der Waals surface area contributed by atoms with Crippen molar-refractivity contribution in [3.8, 4) is 0 Å². The number of carbonyl (C=O) groups is 2. The Bertz CT molecular complexity index is 1350. The first-order valence-electron chi connectivity index (χ1n) is 13.9. The number of likely N-dealkylation sites (tertiary alicyclic amines) is 1. The van der Waals surface area contributed by atoms with E-state index in [-0.39, 0.29) is 12.0 Å². The molecule has 1 N–H and O–H groups in total. The third kappa shape index (κ3) is 5.75. The average molecular weight is 532 g/mol. The largest absolute Gasteiger partial charge is 0.450 e. The Hall–Kier alpha value is -3.92. The van der Waals surface area contributed by atoms with E-state index < -0.39 is 0 Å². The molecule has 2 aliphatic rings. The number of hydrogen-bond donors (Lipinski definition) is 1. The highest BCUT2D eigenvalue weighted by Gasteiger charge is 2.29. The van der Waals surface area contributed by atoms with Gasteiger partial charge in [-0.15, -0.1) is 5.10 Å². The van der Waals surface area contributed by atoms with Crippen molar-refractivity contribution in [3.63, 3.8) is 0 Å². The molecule has 0 spiro atoms. The molecule has 2 aromatic heterocycles. The second-order valence-electron chi connectivity index (χ2n) is 9.87. The lowest BCUT2D eigenvalue weighted by molar-refractivity contribution is 0.0778. The number of nitrogens with zero attached hydrogens (tertiary/aromatic N) is 6. The number of hydrogen-bond acceptors (Lipinski definition) is 7. The lowest BCUT2D eigenvalue weighted by Crippen LogP contribution is -2.38. The van der Waals surface area contributed by atoms with Crippen molar-refractivity contribution in [3.05, 3.63) is 59.8 Å². The summed E-state index contributed by atoms with van der Waals surface area (Å²) in [6, 6.07) is 11.9. The van der Waals surface area contributed by atoms with Crippen LogP contribution in [0, 0.1) is 0 Å². The van der Waals surface area contributed by atoms with Crippen molar-refractivity contribution in [2.45, 2.75) is 39.7 Å². The molecule has 206 valence electrons. The predicted octanol–water partition coefficient (Wildman–Crippen LogP) is 4.27. The first-order valence-corrected chi connectivity index (χ1v) is 13.9. The van der Waals surface area contributed by atoms with Gasteiger partial charge in [-0.2, -0.15) is 4.98 Å². The predicted molar refractivity (Wildman–Crippen MR) is 151 cm³/mol. The first kappa shape index (κ1) is 26.7. The van der Waals surface area contributed by atoms with Crippen LogP contribution in [0.15, 0.2) is 48.7 Å². The summed E-state index contributed by atoms with van der Waals surface area (Å²) in [5.74, 6) is 0.557. The molecule has 10 nitrogen and oxygen atoms in total. The first-order chi connectivity index (χ1) is 19.0. The zero-order chi connectivity index (χ0) is 27.4. The van der Waals surface area contributed by atoms with Crippen molar-refractivity contribution in [2.24, 2.45) is 0 Å². The van der Waals surface area contributed by atoms with E-state index in [1.54, 1.807) is 9.42 Å². The minimum Gasteiger partial charge on any atom is -0.450 e. The van der Waals surface area contributed by atoms with Crippen LogP contribution in [0.5, 0.6) is 0 Å². The van der Waals surface area contributed by atoms with Crippen LogP contribution in [0.4, 0.5) is 16.4 Å². The fraction of sp³-hybridized carbons (Fsp3) is 0.448. The van der Waals surface area contributed by atoms with Crippen LogP contribution in [0.25, 0.3) is 11.2 Å². The molecule has 1 aromatic carbocycles. The molecule has 3 aromatic rings. The molecule has 0 radical (unpaired) electrons. The normalized spacial score (nSPS) is 17.5. The molecule has 0 aliphatic carbocycles. The molecule has 1 unspecified atom stereocenters. The fourth-order valence-corrected chi connectivity index (χ4v) is 5.48. The third-order valence-corrected chi connectivity index (χ3v) is 7.61. The van der Waals surface area contributed by atoms with E-state index in [2.05, 4.69) is 35.2 Å². The molecule has 5 rings (SSSR count). The van der Waals surface area contributed by atoms with E-state index in [0.717, 1.165) is 61.5 Å². The Labute approximate surface area is 229 Å². The van der Waals surface area contributed by atoms with Crippen molar-refractivity contribution in [1.82, 2.24) is 29.3 Å². The molecule has 0 saturated carbocycles. The molecule has 4 heterocycles. The van der Waals surface area contributed by atoms with Gasteiger partial charge in [-0.05, 0) is 74.8 Å². The number of carbonyl (C=O) groups excluding carboxylic acids is 2. The van der Waals surface area contributed by atoms with Gasteiger partial charge in [-0.25, -0.2) is 9.31 Å². The molecule has 0 bridgehead atoms. The molecule has 1 atom stereocenters. The van der Waals surface area contributed by atoms with Crippen LogP contribution in [-0.2, 0) is 4.74 Å². The Morgan fingerprint density at radius 2 is 1.87 bits per heavy atom. The maximum atomic E-state index is 13.1. The minimum absolute atomic E-state index is 0.0778. The van der Waals surface area contributed by atoms with Gasteiger partial charge in [0.25, 0.3) is 5.91 Å². The Kier molecular flexibility index (Phi) is 8.11. The van der Waals surface area contributed by atoms with E-state index in [1.807, 2.05) is 54.4 Å². The zero-order valence-electron chi connectivity index (χ0n) is 23.0.